The average molecular weight is 267 g/mol. The van der Waals surface area contributed by atoms with Crippen LogP contribution in [0.2, 0.25) is 0 Å². The van der Waals surface area contributed by atoms with Gasteiger partial charge in [-0.1, -0.05) is 12.1 Å². The van der Waals surface area contributed by atoms with Crippen molar-refractivity contribution in [2.45, 2.75) is 6.10 Å². The molecule has 1 unspecified atom stereocenters. The molecular formula is C13H17NO5. The van der Waals surface area contributed by atoms with Crippen molar-refractivity contribution >= 4 is 5.91 Å². The third-order valence-corrected chi connectivity index (χ3v) is 2.58. The Balaban J connectivity index is 1.76. The van der Waals surface area contributed by atoms with Crippen LogP contribution >= 0.6 is 0 Å². The molecule has 0 radical (unpaired) electrons. The molecule has 1 aromatic carbocycles. The van der Waals surface area contributed by atoms with Crippen molar-refractivity contribution in [1.82, 2.24) is 5.32 Å². The second kappa shape index (κ2) is 6.96. The molecule has 1 heterocycles. The van der Waals surface area contributed by atoms with E-state index < -0.39 is 6.10 Å². The highest BCUT2D eigenvalue weighted by molar-refractivity contribution is 5.81. The zero-order chi connectivity index (χ0) is 13.5. The van der Waals surface area contributed by atoms with Gasteiger partial charge >= 0.3 is 0 Å². The Labute approximate surface area is 111 Å². The first-order valence-electron chi connectivity index (χ1n) is 6.16. The lowest BCUT2D eigenvalue weighted by atomic mass is 10.2. The number of carbonyl (C=O) groups excluding carboxylic acids is 1. The van der Waals surface area contributed by atoms with Gasteiger partial charge in [-0.15, -0.1) is 0 Å². The smallest absolute Gasteiger partial charge is 0.264 e. The van der Waals surface area contributed by atoms with E-state index in [9.17, 15) is 4.79 Å². The summed E-state index contributed by atoms with van der Waals surface area (Å²) >= 11 is 0. The Bertz CT molecular complexity index is 423. The Kier molecular flexibility index (Phi) is 5.00. The molecule has 6 heteroatoms. The van der Waals surface area contributed by atoms with Crippen molar-refractivity contribution in [2.24, 2.45) is 0 Å². The van der Waals surface area contributed by atoms with E-state index in [0.29, 0.717) is 24.7 Å². The molecule has 0 aliphatic carbocycles. The molecule has 2 rings (SSSR count). The highest BCUT2D eigenvalue weighted by atomic mass is 16.6. The van der Waals surface area contributed by atoms with Gasteiger partial charge in [-0.3, -0.25) is 4.79 Å². The Morgan fingerprint density at radius 2 is 2.16 bits per heavy atom. The van der Waals surface area contributed by atoms with Gasteiger partial charge in [-0.05, 0) is 12.1 Å². The standard InChI is InChI=1S/C13H17NO5/c15-6-8-17-7-5-14-13(16)12-9-18-10-3-1-2-4-11(10)19-12/h1-4,12,15H,5-9H2,(H,14,16). The monoisotopic (exact) mass is 267 g/mol. The molecule has 6 nitrogen and oxygen atoms in total. The first-order chi connectivity index (χ1) is 9.31. The minimum absolute atomic E-state index is 0.0235. The highest BCUT2D eigenvalue weighted by Gasteiger charge is 2.26. The van der Waals surface area contributed by atoms with Crippen LogP contribution in [0.5, 0.6) is 11.5 Å². The van der Waals surface area contributed by atoms with Crippen LogP contribution in [0.3, 0.4) is 0 Å². The minimum Gasteiger partial charge on any atom is -0.485 e. The fraction of sp³-hybridized carbons (Fsp3) is 0.462. The number of ether oxygens (including phenoxy) is 3. The van der Waals surface area contributed by atoms with Gasteiger partial charge in [-0.2, -0.15) is 0 Å². The molecule has 1 atom stereocenters. The maximum absolute atomic E-state index is 11.8. The van der Waals surface area contributed by atoms with E-state index in [2.05, 4.69) is 5.32 Å². The number of rotatable bonds is 6. The number of benzene rings is 1. The number of carbonyl (C=O) groups is 1. The van der Waals surface area contributed by atoms with Crippen LogP contribution in [0.4, 0.5) is 0 Å². The van der Waals surface area contributed by atoms with Crippen molar-refractivity contribution in [2.75, 3.05) is 33.0 Å². The van der Waals surface area contributed by atoms with Crippen molar-refractivity contribution in [3.05, 3.63) is 24.3 Å². The predicted octanol–water partition coefficient (Wildman–Crippen LogP) is -0.0485. The summed E-state index contributed by atoms with van der Waals surface area (Å²) in [4.78, 5) is 11.8. The Morgan fingerprint density at radius 3 is 2.95 bits per heavy atom. The fourth-order valence-corrected chi connectivity index (χ4v) is 1.68. The Hall–Kier alpha value is -1.79. The highest BCUT2D eigenvalue weighted by Crippen LogP contribution is 2.30. The van der Waals surface area contributed by atoms with Gasteiger partial charge in [0.2, 0.25) is 6.10 Å². The molecule has 0 saturated carbocycles. The quantitative estimate of drug-likeness (QED) is 0.707. The van der Waals surface area contributed by atoms with Gasteiger partial charge in [0.05, 0.1) is 19.8 Å². The van der Waals surface area contributed by atoms with Crippen LogP contribution in [0.15, 0.2) is 24.3 Å². The van der Waals surface area contributed by atoms with Gasteiger partial charge < -0.3 is 24.6 Å². The van der Waals surface area contributed by atoms with Gasteiger partial charge in [0.15, 0.2) is 11.5 Å². The van der Waals surface area contributed by atoms with Crippen LogP contribution < -0.4 is 14.8 Å². The number of amides is 1. The summed E-state index contributed by atoms with van der Waals surface area (Å²) in [5, 5.41) is 11.2. The molecule has 104 valence electrons. The largest absolute Gasteiger partial charge is 0.485 e. The molecule has 19 heavy (non-hydrogen) atoms. The van der Waals surface area contributed by atoms with Gasteiger partial charge in [0.1, 0.15) is 6.61 Å². The molecular weight excluding hydrogens is 250 g/mol. The normalized spacial score (nSPS) is 17.0. The van der Waals surface area contributed by atoms with E-state index >= 15 is 0 Å². The fourth-order valence-electron chi connectivity index (χ4n) is 1.68. The van der Waals surface area contributed by atoms with E-state index in [-0.39, 0.29) is 25.7 Å². The molecule has 1 amide bonds. The van der Waals surface area contributed by atoms with Gasteiger partial charge in [0, 0.05) is 6.54 Å². The van der Waals surface area contributed by atoms with Gasteiger partial charge in [-0.25, -0.2) is 0 Å². The topological polar surface area (TPSA) is 77.0 Å². The Morgan fingerprint density at radius 1 is 1.37 bits per heavy atom. The number of para-hydroxylation sites is 2. The van der Waals surface area contributed by atoms with Gasteiger partial charge in [0.25, 0.3) is 5.91 Å². The van der Waals surface area contributed by atoms with Crippen LogP contribution in [0, 0.1) is 0 Å². The lowest BCUT2D eigenvalue weighted by molar-refractivity contribution is -0.130. The summed E-state index contributed by atoms with van der Waals surface area (Å²) in [6.45, 7) is 1.17. The summed E-state index contributed by atoms with van der Waals surface area (Å²) in [7, 11) is 0. The number of aliphatic hydroxyl groups is 1. The molecule has 0 bridgehead atoms. The number of hydrogen-bond donors (Lipinski definition) is 2. The van der Waals surface area contributed by atoms with Crippen molar-refractivity contribution < 1.29 is 24.1 Å². The SMILES string of the molecule is O=C(NCCOCCO)C1COc2ccccc2O1. The number of hydrogen-bond acceptors (Lipinski definition) is 5. The first-order valence-corrected chi connectivity index (χ1v) is 6.16. The zero-order valence-corrected chi connectivity index (χ0v) is 10.5. The van der Waals surface area contributed by atoms with Crippen LogP contribution in [-0.2, 0) is 9.53 Å². The molecule has 0 saturated heterocycles. The average Bonchev–Trinajstić information content (AvgIpc) is 2.46. The summed E-state index contributed by atoms with van der Waals surface area (Å²) < 4.78 is 16.0. The lowest BCUT2D eigenvalue weighted by Gasteiger charge is -2.25. The predicted molar refractivity (Wildman–Crippen MR) is 67.3 cm³/mol. The summed E-state index contributed by atoms with van der Waals surface area (Å²) in [5.41, 5.74) is 0. The van der Waals surface area contributed by atoms with Crippen LogP contribution in [0.25, 0.3) is 0 Å². The molecule has 1 aliphatic heterocycles. The van der Waals surface area contributed by atoms with Crippen molar-refractivity contribution in [3.63, 3.8) is 0 Å². The van der Waals surface area contributed by atoms with E-state index in [4.69, 9.17) is 19.3 Å². The second-order valence-corrected chi connectivity index (χ2v) is 3.99. The molecule has 0 aromatic heterocycles. The van der Waals surface area contributed by atoms with E-state index in [1.165, 1.54) is 0 Å². The van der Waals surface area contributed by atoms with E-state index in [0.717, 1.165) is 0 Å². The third-order valence-electron chi connectivity index (χ3n) is 2.58. The maximum atomic E-state index is 11.8. The summed E-state index contributed by atoms with van der Waals surface area (Å²) in [6, 6.07) is 7.23. The number of fused-ring (bicyclic) bond motifs is 1. The van der Waals surface area contributed by atoms with Crippen molar-refractivity contribution in [3.8, 4) is 11.5 Å². The molecule has 1 aliphatic rings. The van der Waals surface area contributed by atoms with E-state index in [1.54, 1.807) is 12.1 Å². The summed E-state index contributed by atoms with van der Waals surface area (Å²) in [6.07, 6.45) is -0.646. The molecule has 0 fully saturated rings. The molecule has 2 N–H and O–H groups in total. The maximum Gasteiger partial charge on any atom is 0.264 e. The van der Waals surface area contributed by atoms with E-state index in [1.807, 2.05) is 12.1 Å². The zero-order valence-electron chi connectivity index (χ0n) is 10.5. The van der Waals surface area contributed by atoms with Crippen molar-refractivity contribution in [1.29, 1.82) is 0 Å². The van der Waals surface area contributed by atoms with Crippen LogP contribution in [0.1, 0.15) is 0 Å². The number of nitrogens with one attached hydrogen (secondary N) is 1. The van der Waals surface area contributed by atoms with Crippen LogP contribution in [-0.4, -0.2) is 50.1 Å². The number of aliphatic hydroxyl groups excluding tert-OH is 1. The second-order valence-electron chi connectivity index (χ2n) is 3.99. The first kappa shape index (κ1) is 13.6. The third kappa shape index (κ3) is 3.84. The molecule has 0 spiro atoms. The lowest BCUT2D eigenvalue weighted by Crippen LogP contribution is -2.44. The minimum atomic E-state index is -0.646. The molecule has 1 aromatic rings. The summed E-state index contributed by atoms with van der Waals surface area (Å²) in [5.74, 6) is 0.991.